The molecule has 0 fully saturated rings. The maximum Gasteiger partial charge on any atom is 0.355 e. The van der Waals surface area contributed by atoms with Crippen LogP contribution in [0, 0.1) is 0 Å². The van der Waals surface area contributed by atoms with E-state index in [-0.39, 0.29) is 37.0 Å². The van der Waals surface area contributed by atoms with Gasteiger partial charge in [-0.3, -0.25) is 9.59 Å². The lowest BCUT2D eigenvalue weighted by atomic mass is 10.2. The van der Waals surface area contributed by atoms with Crippen LogP contribution in [-0.2, 0) is 25.5 Å². The SMILES string of the molecule is O=C(COC(=O)C1=NNC(=O)CC1)NCCc1cccs1. The van der Waals surface area contributed by atoms with Crippen LogP contribution in [-0.4, -0.2) is 36.6 Å². The van der Waals surface area contributed by atoms with Gasteiger partial charge in [0, 0.05) is 24.3 Å². The smallest absolute Gasteiger partial charge is 0.355 e. The number of carbonyl (C=O) groups excluding carboxylic acids is 3. The highest BCUT2D eigenvalue weighted by Gasteiger charge is 2.20. The van der Waals surface area contributed by atoms with E-state index >= 15 is 0 Å². The molecule has 8 heteroatoms. The number of esters is 1. The minimum Gasteiger partial charge on any atom is -0.451 e. The quantitative estimate of drug-likeness (QED) is 0.734. The number of hydrazone groups is 1. The molecule has 2 N–H and O–H groups in total. The summed E-state index contributed by atoms with van der Waals surface area (Å²) in [5.41, 5.74) is 2.33. The Morgan fingerprint density at radius 2 is 2.29 bits per heavy atom. The Kier molecular flexibility index (Phi) is 5.44. The van der Waals surface area contributed by atoms with Crippen molar-refractivity contribution in [1.29, 1.82) is 0 Å². The third-order valence-corrected chi connectivity index (χ3v) is 3.68. The maximum absolute atomic E-state index is 11.6. The molecule has 0 aliphatic carbocycles. The Morgan fingerprint density at radius 1 is 1.43 bits per heavy atom. The Hall–Kier alpha value is -2.22. The van der Waals surface area contributed by atoms with E-state index in [1.807, 2.05) is 17.5 Å². The van der Waals surface area contributed by atoms with Crippen molar-refractivity contribution in [2.24, 2.45) is 5.10 Å². The van der Waals surface area contributed by atoms with E-state index in [1.165, 1.54) is 4.88 Å². The van der Waals surface area contributed by atoms with Gasteiger partial charge in [0.1, 0.15) is 5.71 Å². The molecule has 0 bridgehead atoms. The Balaban J connectivity index is 1.64. The monoisotopic (exact) mass is 309 g/mol. The molecule has 1 aliphatic heterocycles. The molecule has 0 aromatic carbocycles. The van der Waals surface area contributed by atoms with Crippen LogP contribution in [0.5, 0.6) is 0 Å². The van der Waals surface area contributed by atoms with Crippen LogP contribution in [0.1, 0.15) is 17.7 Å². The summed E-state index contributed by atoms with van der Waals surface area (Å²) >= 11 is 1.62. The number of rotatable bonds is 6. The minimum atomic E-state index is -0.677. The number of carbonyl (C=O) groups is 3. The van der Waals surface area contributed by atoms with E-state index < -0.39 is 5.97 Å². The van der Waals surface area contributed by atoms with E-state index in [4.69, 9.17) is 4.74 Å². The number of amides is 2. The molecule has 2 rings (SSSR count). The van der Waals surface area contributed by atoms with Crippen LogP contribution in [0.15, 0.2) is 22.6 Å². The molecule has 0 spiro atoms. The number of ether oxygens (including phenoxy) is 1. The molecule has 1 aromatic rings. The first-order valence-electron chi connectivity index (χ1n) is 6.47. The second kappa shape index (κ2) is 7.53. The zero-order valence-corrected chi connectivity index (χ0v) is 12.1. The van der Waals surface area contributed by atoms with Gasteiger partial charge in [-0.2, -0.15) is 5.10 Å². The zero-order chi connectivity index (χ0) is 15.1. The number of nitrogens with one attached hydrogen (secondary N) is 2. The van der Waals surface area contributed by atoms with Crippen LogP contribution in [0.4, 0.5) is 0 Å². The highest BCUT2D eigenvalue weighted by molar-refractivity contribution is 7.09. The summed E-state index contributed by atoms with van der Waals surface area (Å²) in [6.45, 7) is 0.143. The van der Waals surface area contributed by atoms with Gasteiger partial charge in [-0.25, -0.2) is 10.2 Å². The minimum absolute atomic E-state index is 0.126. The lowest BCUT2D eigenvalue weighted by Crippen LogP contribution is -2.34. The molecule has 0 unspecified atom stereocenters. The average Bonchev–Trinajstić information content (AvgIpc) is 2.99. The van der Waals surface area contributed by atoms with Crippen molar-refractivity contribution in [1.82, 2.24) is 10.7 Å². The molecule has 2 amide bonds. The Labute approximate surface area is 125 Å². The third-order valence-electron chi connectivity index (χ3n) is 2.75. The van der Waals surface area contributed by atoms with Crippen LogP contribution < -0.4 is 10.7 Å². The van der Waals surface area contributed by atoms with Gasteiger partial charge in [0.2, 0.25) is 5.91 Å². The van der Waals surface area contributed by atoms with Gasteiger partial charge in [-0.05, 0) is 17.9 Å². The zero-order valence-electron chi connectivity index (χ0n) is 11.3. The largest absolute Gasteiger partial charge is 0.451 e. The van der Waals surface area contributed by atoms with E-state index in [1.54, 1.807) is 11.3 Å². The maximum atomic E-state index is 11.6. The summed E-state index contributed by atoms with van der Waals surface area (Å²) < 4.78 is 4.84. The van der Waals surface area contributed by atoms with Gasteiger partial charge in [-0.1, -0.05) is 6.07 Å². The molecule has 0 saturated heterocycles. The fourth-order valence-corrected chi connectivity index (χ4v) is 2.38. The highest BCUT2D eigenvalue weighted by atomic mass is 32.1. The van der Waals surface area contributed by atoms with Gasteiger partial charge < -0.3 is 10.1 Å². The highest BCUT2D eigenvalue weighted by Crippen LogP contribution is 2.08. The van der Waals surface area contributed by atoms with Crippen molar-refractivity contribution in [2.45, 2.75) is 19.3 Å². The summed E-state index contributed by atoms with van der Waals surface area (Å²) in [4.78, 5) is 35.2. The van der Waals surface area contributed by atoms with Crippen molar-refractivity contribution in [3.8, 4) is 0 Å². The number of hydrogen-bond acceptors (Lipinski definition) is 6. The van der Waals surface area contributed by atoms with E-state index in [2.05, 4.69) is 15.8 Å². The predicted octanol–water partition coefficient (Wildman–Crippen LogP) is 0.216. The Morgan fingerprint density at radius 3 is 2.95 bits per heavy atom. The average molecular weight is 309 g/mol. The fourth-order valence-electron chi connectivity index (χ4n) is 1.67. The first-order valence-corrected chi connectivity index (χ1v) is 7.34. The van der Waals surface area contributed by atoms with Crippen LogP contribution in [0.3, 0.4) is 0 Å². The van der Waals surface area contributed by atoms with Crippen LogP contribution in [0.25, 0.3) is 0 Å². The molecule has 1 aromatic heterocycles. The van der Waals surface area contributed by atoms with Crippen molar-refractivity contribution in [3.63, 3.8) is 0 Å². The second-order valence-corrected chi connectivity index (χ2v) is 5.38. The predicted molar refractivity (Wildman–Crippen MR) is 76.8 cm³/mol. The number of hydrogen-bond donors (Lipinski definition) is 2. The van der Waals surface area contributed by atoms with Crippen molar-refractivity contribution in [3.05, 3.63) is 22.4 Å². The van der Waals surface area contributed by atoms with Crippen molar-refractivity contribution in [2.75, 3.05) is 13.2 Å². The molecule has 7 nitrogen and oxygen atoms in total. The van der Waals surface area contributed by atoms with Crippen LogP contribution in [0.2, 0.25) is 0 Å². The topological polar surface area (TPSA) is 96.9 Å². The van der Waals surface area contributed by atoms with E-state index in [0.717, 1.165) is 6.42 Å². The molecule has 112 valence electrons. The van der Waals surface area contributed by atoms with E-state index in [9.17, 15) is 14.4 Å². The normalized spacial score (nSPS) is 14.1. The lowest BCUT2D eigenvalue weighted by molar-refractivity contribution is -0.142. The van der Waals surface area contributed by atoms with Gasteiger partial charge in [0.05, 0.1) is 0 Å². The molecular formula is C13H15N3O4S. The molecule has 0 saturated carbocycles. The molecule has 0 atom stereocenters. The van der Waals surface area contributed by atoms with Gasteiger partial charge in [0.15, 0.2) is 6.61 Å². The first kappa shape index (κ1) is 15.2. The number of thiophene rings is 1. The summed E-state index contributed by atoms with van der Waals surface area (Å²) in [7, 11) is 0. The summed E-state index contributed by atoms with van der Waals surface area (Å²) in [5.74, 6) is -1.28. The molecule has 1 aliphatic rings. The standard InChI is InChI=1S/C13H15N3O4S/c17-11-4-3-10(15-16-11)13(19)20-8-12(18)14-6-5-9-2-1-7-21-9/h1-2,7H,3-6,8H2,(H,14,18)(H,16,17). The van der Waals surface area contributed by atoms with Crippen LogP contribution >= 0.6 is 11.3 Å². The Bertz CT molecular complexity index is 554. The van der Waals surface area contributed by atoms with Crippen molar-refractivity contribution < 1.29 is 19.1 Å². The fraction of sp³-hybridized carbons (Fsp3) is 0.385. The molecule has 2 heterocycles. The van der Waals surface area contributed by atoms with Crippen molar-refractivity contribution >= 4 is 34.8 Å². The van der Waals surface area contributed by atoms with Gasteiger partial charge in [0.25, 0.3) is 5.91 Å². The second-order valence-electron chi connectivity index (χ2n) is 4.35. The molecule has 21 heavy (non-hydrogen) atoms. The first-order chi connectivity index (χ1) is 10.1. The third kappa shape index (κ3) is 4.99. The lowest BCUT2D eigenvalue weighted by Gasteiger charge is -2.11. The summed E-state index contributed by atoms with van der Waals surface area (Å²) in [6, 6.07) is 3.94. The summed E-state index contributed by atoms with van der Waals surface area (Å²) in [5, 5.41) is 8.24. The van der Waals surface area contributed by atoms with E-state index in [0.29, 0.717) is 6.54 Å². The molecule has 0 radical (unpaired) electrons. The molecular weight excluding hydrogens is 294 g/mol. The van der Waals surface area contributed by atoms with Gasteiger partial charge in [-0.15, -0.1) is 11.3 Å². The number of nitrogens with zero attached hydrogens (tertiary/aromatic N) is 1. The van der Waals surface area contributed by atoms with Gasteiger partial charge >= 0.3 is 5.97 Å². The summed E-state index contributed by atoms with van der Waals surface area (Å²) in [6.07, 6.45) is 1.17.